The van der Waals surface area contributed by atoms with Gasteiger partial charge in [0.15, 0.2) is 0 Å². The van der Waals surface area contributed by atoms with Crippen LogP contribution in [0.25, 0.3) is 22.0 Å². The summed E-state index contributed by atoms with van der Waals surface area (Å²) in [6, 6.07) is 15.1. The van der Waals surface area contributed by atoms with E-state index in [-0.39, 0.29) is 23.3 Å². The molecule has 0 unspecified atom stereocenters. The summed E-state index contributed by atoms with van der Waals surface area (Å²) < 4.78 is 41.9. The maximum Gasteiger partial charge on any atom is 0.303 e. The predicted molar refractivity (Wildman–Crippen MR) is 122 cm³/mol. The van der Waals surface area contributed by atoms with Crippen LogP contribution in [0.2, 0.25) is 10.0 Å². The molecule has 3 aromatic carbocycles. The molecule has 4 rings (SSSR count). The number of benzene rings is 3. The van der Waals surface area contributed by atoms with Gasteiger partial charge in [-0.2, -0.15) is 0 Å². The van der Waals surface area contributed by atoms with Crippen LogP contribution in [0.15, 0.2) is 71.8 Å². The summed E-state index contributed by atoms with van der Waals surface area (Å²) in [7, 11) is -4.08. The monoisotopic (exact) mass is 491 g/mol. The van der Waals surface area contributed by atoms with Crippen LogP contribution >= 0.6 is 23.2 Å². The first kappa shape index (κ1) is 22.3. The van der Waals surface area contributed by atoms with Crippen molar-refractivity contribution < 1.29 is 22.7 Å². The van der Waals surface area contributed by atoms with Gasteiger partial charge in [0.25, 0.3) is 10.0 Å². The van der Waals surface area contributed by atoms with Gasteiger partial charge in [-0.15, -0.1) is 0 Å². The molecule has 0 aliphatic carbocycles. The number of carbonyl (C=O) groups is 1. The number of halogens is 3. The fourth-order valence-corrected chi connectivity index (χ4v) is 5.39. The van der Waals surface area contributed by atoms with Gasteiger partial charge in [-0.05, 0) is 53.9 Å². The Kier molecular flexibility index (Phi) is 5.99. The van der Waals surface area contributed by atoms with Crippen LogP contribution in [0.1, 0.15) is 12.0 Å². The zero-order valence-corrected chi connectivity index (χ0v) is 18.8. The van der Waals surface area contributed by atoms with Crippen LogP contribution < -0.4 is 0 Å². The van der Waals surface area contributed by atoms with Gasteiger partial charge in [0.2, 0.25) is 0 Å². The molecule has 32 heavy (non-hydrogen) atoms. The van der Waals surface area contributed by atoms with Gasteiger partial charge >= 0.3 is 5.97 Å². The number of aromatic nitrogens is 1. The van der Waals surface area contributed by atoms with Crippen molar-refractivity contribution in [1.29, 1.82) is 0 Å². The molecule has 5 nitrogen and oxygen atoms in total. The van der Waals surface area contributed by atoms with Crippen molar-refractivity contribution in [3.63, 3.8) is 0 Å². The average Bonchev–Trinajstić information content (AvgIpc) is 3.13. The molecule has 1 aromatic heterocycles. The molecule has 9 heteroatoms. The first-order chi connectivity index (χ1) is 15.2. The Bertz CT molecular complexity index is 1460. The van der Waals surface area contributed by atoms with Crippen molar-refractivity contribution in [3.8, 4) is 11.1 Å². The van der Waals surface area contributed by atoms with Crippen molar-refractivity contribution in [2.24, 2.45) is 0 Å². The van der Waals surface area contributed by atoms with E-state index in [1.165, 1.54) is 30.5 Å². The lowest BCUT2D eigenvalue weighted by Crippen LogP contribution is -2.12. The molecule has 0 saturated heterocycles. The SMILES string of the molecule is O=C(O)CCc1cn(S(=O)(=O)c2cccc(-c3cccc(Cl)c3Cl)c2)c2ccc(F)cc12. The third kappa shape index (κ3) is 4.11. The fourth-order valence-electron chi connectivity index (χ4n) is 3.54. The summed E-state index contributed by atoms with van der Waals surface area (Å²) >= 11 is 12.4. The lowest BCUT2D eigenvalue weighted by atomic mass is 10.1. The van der Waals surface area contributed by atoms with E-state index in [1.807, 2.05) is 0 Å². The van der Waals surface area contributed by atoms with Crippen LogP contribution in [0.5, 0.6) is 0 Å². The van der Waals surface area contributed by atoms with Gasteiger partial charge in [0.05, 0.1) is 20.5 Å². The molecular formula is C23H16Cl2FNO4S. The highest BCUT2D eigenvalue weighted by atomic mass is 35.5. The van der Waals surface area contributed by atoms with Gasteiger partial charge in [-0.3, -0.25) is 4.79 Å². The molecule has 0 radical (unpaired) electrons. The predicted octanol–water partition coefficient (Wildman–Crippen LogP) is 6.01. The number of carboxylic acid groups (broad SMARTS) is 1. The topological polar surface area (TPSA) is 76.4 Å². The number of carboxylic acids is 1. The number of hydrogen-bond acceptors (Lipinski definition) is 3. The quantitative estimate of drug-likeness (QED) is 0.358. The first-order valence-corrected chi connectivity index (χ1v) is 11.7. The number of nitrogens with zero attached hydrogens (tertiary/aromatic N) is 1. The van der Waals surface area contributed by atoms with E-state index < -0.39 is 21.8 Å². The van der Waals surface area contributed by atoms with E-state index in [0.717, 1.165) is 10.0 Å². The second-order valence-electron chi connectivity index (χ2n) is 7.14. The van der Waals surface area contributed by atoms with Gasteiger partial charge in [0.1, 0.15) is 5.82 Å². The maximum absolute atomic E-state index is 13.9. The van der Waals surface area contributed by atoms with E-state index in [4.69, 9.17) is 28.3 Å². The zero-order valence-electron chi connectivity index (χ0n) is 16.4. The Morgan fingerprint density at radius 1 is 1.03 bits per heavy atom. The number of hydrogen-bond donors (Lipinski definition) is 1. The lowest BCUT2D eigenvalue weighted by molar-refractivity contribution is -0.136. The van der Waals surface area contributed by atoms with E-state index in [1.54, 1.807) is 30.3 Å². The Hall–Kier alpha value is -2.87. The smallest absolute Gasteiger partial charge is 0.303 e. The van der Waals surface area contributed by atoms with Crippen LogP contribution in [0.4, 0.5) is 4.39 Å². The molecule has 0 amide bonds. The summed E-state index contributed by atoms with van der Waals surface area (Å²) in [6.45, 7) is 0. The second kappa shape index (κ2) is 8.58. The van der Waals surface area contributed by atoms with Gasteiger partial charge in [-0.1, -0.05) is 47.5 Å². The molecule has 0 aliphatic heterocycles. The van der Waals surface area contributed by atoms with Crippen molar-refractivity contribution in [1.82, 2.24) is 3.97 Å². The van der Waals surface area contributed by atoms with E-state index >= 15 is 0 Å². The molecule has 0 fully saturated rings. The Balaban J connectivity index is 1.86. The number of rotatable bonds is 6. The van der Waals surface area contributed by atoms with Crippen LogP contribution in [-0.4, -0.2) is 23.5 Å². The Labute approximate surface area is 193 Å². The highest BCUT2D eigenvalue weighted by Crippen LogP contribution is 2.35. The molecule has 164 valence electrons. The lowest BCUT2D eigenvalue weighted by Gasteiger charge is -2.11. The van der Waals surface area contributed by atoms with Crippen LogP contribution in [0, 0.1) is 5.82 Å². The summed E-state index contributed by atoms with van der Waals surface area (Å²) in [6.07, 6.45) is 1.20. The molecule has 0 atom stereocenters. The van der Waals surface area contributed by atoms with Crippen molar-refractivity contribution in [2.45, 2.75) is 17.7 Å². The highest BCUT2D eigenvalue weighted by molar-refractivity contribution is 7.90. The average molecular weight is 492 g/mol. The number of aryl methyl sites for hydroxylation is 1. The van der Waals surface area contributed by atoms with Gasteiger partial charge < -0.3 is 5.11 Å². The number of fused-ring (bicyclic) bond motifs is 1. The van der Waals surface area contributed by atoms with Crippen molar-refractivity contribution in [3.05, 3.63) is 88.3 Å². The van der Waals surface area contributed by atoms with Gasteiger partial charge in [-0.25, -0.2) is 16.8 Å². The molecular weight excluding hydrogens is 476 g/mol. The summed E-state index contributed by atoms with van der Waals surface area (Å²) in [5.41, 5.74) is 1.84. The van der Waals surface area contributed by atoms with Gasteiger partial charge in [0, 0.05) is 23.6 Å². The zero-order chi connectivity index (χ0) is 23.0. The highest BCUT2D eigenvalue weighted by Gasteiger charge is 2.23. The minimum atomic E-state index is -4.08. The molecule has 0 bridgehead atoms. The third-order valence-corrected chi connectivity index (χ3v) is 7.57. The normalized spacial score (nSPS) is 11.7. The molecule has 4 aromatic rings. The standard InChI is InChI=1S/C23H16Cl2FNO4S/c24-20-6-2-5-18(23(20)25)14-3-1-4-17(11-14)32(30,31)27-13-15(7-10-22(28)29)19-12-16(26)8-9-21(19)27/h1-6,8-9,11-13H,7,10H2,(H,28,29). The maximum atomic E-state index is 13.9. The number of aliphatic carboxylic acids is 1. The summed E-state index contributed by atoms with van der Waals surface area (Å²) in [4.78, 5) is 11.0. The van der Waals surface area contributed by atoms with E-state index in [2.05, 4.69) is 0 Å². The second-order valence-corrected chi connectivity index (χ2v) is 9.74. The molecule has 1 N–H and O–H groups in total. The minimum absolute atomic E-state index is 0.00273. The Morgan fingerprint density at radius 3 is 2.53 bits per heavy atom. The third-order valence-electron chi connectivity index (χ3n) is 5.08. The molecule has 0 saturated carbocycles. The molecule has 0 aliphatic rings. The van der Waals surface area contributed by atoms with Crippen LogP contribution in [0.3, 0.4) is 0 Å². The van der Waals surface area contributed by atoms with Crippen molar-refractivity contribution in [2.75, 3.05) is 0 Å². The van der Waals surface area contributed by atoms with Crippen molar-refractivity contribution >= 4 is 50.1 Å². The first-order valence-electron chi connectivity index (χ1n) is 9.50. The van der Waals surface area contributed by atoms with E-state index in [9.17, 15) is 17.6 Å². The minimum Gasteiger partial charge on any atom is -0.481 e. The summed E-state index contributed by atoms with van der Waals surface area (Å²) in [5.74, 6) is -1.57. The Morgan fingerprint density at radius 2 is 1.78 bits per heavy atom. The molecule has 0 spiro atoms. The van der Waals surface area contributed by atoms with Crippen LogP contribution in [-0.2, 0) is 21.2 Å². The molecule has 1 heterocycles. The summed E-state index contributed by atoms with van der Waals surface area (Å²) in [5, 5.41) is 10.0. The fraction of sp³-hybridized carbons (Fsp3) is 0.0870. The van der Waals surface area contributed by atoms with E-state index in [0.29, 0.717) is 32.1 Å². The largest absolute Gasteiger partial charge is 0.481 e.